The summed E-state index contributed by atoms with van der Waals surface area (Å²) in [7, 11) is 0. The molecule has 1 aliphatic rings. The molecule has 2 N–H and O–H groups in total. The maximum absolute atomic E-state index is 9.89. The van der Waals surface area contributed by atoms with Crippen LogP contribution in [0.5, 0.6) is 5.75 Å². The zero-order chi connectivity index (χ0) is 12.1. The molecule has 0 spiro atoms. The molecule has 1 fully saturated rings. The number of quaternary nitrogens is 1. The number of ether oxygens (including phenoxy) is 1. The van der Waals surface area contributed by atoms with Crippen LogP contribution in [0.3, 0.4) is 0 Å². The molecule has 0 bridgehead atoms. The topological polar surface area (TPSA) is 33.9 Å². The van der Waals surface area contributed by atoms with Crippen molar-refractivity contribution >= 4 is 0 Å². The number of hydrogen-bond donors (Lipinski definition) is 2. The minimum absolute atomic E-state index is 0.358. The van der Waals surface area contributed by atoms with Gasteiger partial charge in [0.2, 0.25) is 0 Å². The standard InChI is InChI=1S/C14H21NO2/c1-12-5-4-6-14(9-12)17-11-13(16)10-15-7-2-3-8-15/h4-6,9,13,16H,2-3,7-8,10-11H2,1H3/p+1. The summed E-state index contributed by atoms with van der Waals surface area (Å²) in [6.07, 6.45) is 2.23. The first-order valence-electron chi connectivity index (χ1n) is 6.45. The Kier molecular flexibility index (Phi) is 4.40. The van der Waals surface area contributed by atoms with E-state index in [1.165, 1.54) is 36.4 Å². The van der Waals surface area contributed by atoms with E-state index in [0.29, 0.717) is 6.61 Å². The average Bonchev–Trinajstić information content (AvgIpc) is 2.79. The van der Waals surface area contributed by atoms with Gasteiger partial charge in [-0.1, -0.05) is 12.1 Å². The van der Waals surface area contributed by atoms with Gasteiger partial charge in [0, 0.05) is 12.8 Å². The molecule has 1 atom stereocenters. The van der Waals surface area contributed by atoms with Crippen molar-refractivity contribution < 1.29 is 14.7 Å². The molecule has 3 nitrogen and oxygen atoms in total. The van der Waals surface area contributed by atoms with Gasteiger partial charge >= 0.3 is 0 Å². The molecule has 17 heavy (non-hydrogen) atoms. The van der Waals surface area contributed by atoms with Crippen LogP contribution in [0.1, 0.15) is 18.4 Å². The molecule has 0 amide bonds. The number of benzene rings is 1. The summed E-state index contributed by atoms with van der Waals surface area (Å²) < 4.78 is 5.60. The van der Waals surface area contributed by atoms with Gasteiger partial charge in [0.25, 0.3) is 0 Å². The molecule has 0 radical (unpaired) electrons. The van der Waals surface area contributed by atoms with E-state index in [4.69, 9.17) is 4.74 Å². The molecule has 1 aliphatic heterocycles. The number of aliphatic hydroxyl groups excluding tert-OH is 1. The Morgan fingerprint density at radius 1 is 1.35 bits per heavy atom. The van der Waals surface area contributed by atoms with E-state index in [0.717, 1.165) is 12.3 Å². The summed E-state index contributed by atoms with van der Waals surface area (Å²) in [5.74, 6) is 0.848. The highest BCUT2D eigenvalue weighted by Crippen LogP contribution is 2.12. The van der Waals surface area contributed by atoms with Crippen molar-refractivity contribution in [2.75, 3.05) is 26.2 Å². The Bertz CT molecular complexity index is 348. The minimum atomic E-state index is -0.358. The van der Waals surface area contributed by atoms with E-state index in [-0.39, 0.29) is 6.10 Å². The van der Waals surface area contributed by atoms with Gasteiger partial charge in [-0.3, -0.25) is 0 Å². The highest BCUT2D eigenvalue weighted by atomic mass is 16.5. The van der Waals surface area contributed by atoms with Crippen LogP contribution in [0.4, 0.5) is 0 Å². The van der Waals surface area contributed by atoms with Crippen LogP contribution in [0.25, 0.3) is 0 Å². The number of likely N-dealkylation sites (tertiary alicyclic amines) is 1. The van der Waals surface area contributed by atoms with Gasteiger partial charge in [0.05, 0.1) is 13.1 Å². The molecule has 1 unspecified atom stereocenters. The van der Waals surface area contributed by atoms with Crippen LogP contribution in [-0.2, 0) is 0 Å². The molecule has 94 valence electrons. The van der Waals surface area contributed by atoms with Gasteiger partial charge in [0.1, 0.15) is 25.0 Å². The van der Waals surface area contributed by atoms with Crippen LogP contribution in [0, 0.1) is 6.92 Å². The summed E-state index contributed by atoms with van der Waals surface area (Å²) in [5, 5.41) is 9.89. The molecule has 1 saturated heterocycles. The second kappa shape index (κ2) is 6.03. The molecule has 0 saturated carbocycles. The van der Waals surface area contributed by atoms with Crippen LogP contribution in [0.2, 0.25) is 0 Å². The number of rotatable bonds is 5. The summed E-state index contributed by atoms with van der Waals surface area (Å²) >= 11 is 0. The Balaban J connectivity index is 1.73. The smallest absolute Gasteiger partial charge is 0.137 e. The number of aryl methyl sites for hydroxylation is 1. The second-order valence-corrected chi connectivity index (χ2v) is 4.94. The number of hydrogen-bond acceptors (Lipinski definition) is 2. The maximum atomic E-state index is 9.89. The predicted molar refractivity (Wildman–Crippen MR) is 67.5 cm³/mol. The second-order valence-electron chi connectivity index (χ2n) is 4.94. The van der Waals surface area contributed by atoms with E-state index in [2.05, 4.69) is 0 Å². The fraction of sp³-hybridized carbons (Fsp3) is 0.571. The van der Waals surface area contributed by atoms with E-state index in [9.17, 15) is 5.11 Å². The Hall–Kier alpha value is -1.06. The summed E-state index contributed by atoms with van der Waals surface area (Å²) in [4.78, 5) is 1.50. The van der Waals surface area contributed by atoms with Crippen LogP contribution >= 0.6 is 0 Å². The third-order valence-corrected chi connectivity index (χ3v) is 3.27. The van der Waals surface area contributed by atoms with Gasteiger partial charge < -0.3 is 14.7 Å². The molecule has 1 heterocycles. The molecule has 1 aromatic rings. The fourth-order valence-electron chi connectivity index (χ4n) is 2.37. The van der Waals surface area contributed by atoms with Gasteiger partial charge in [-0.25, -0.2) is 0 Å². The van der Waals surface area contributed by atoms with Crippen molar-refractivity contribution in [2.45, 2.75) is 25.9 Å². The highest BCUT2D eigenvalue weighted by Gasteiger charge is 2.19. The van der Waals surface area contributed by atoms with Gasteiger partial charge in [-0.05, 0) is 24.6 Å². The Morgan fingerprint density at radius 2 is 2.12 bits per heavy atom. The summed E-state index contributed by atoms with van der Waals surface area (Å²) in [6, 6.07) is 7.94. The van der Waals surface area contributed by atoms with Gasteiger partial charge in [0.15, 0.2) is 0 Å². The Labute approximate surface area is 103 Å². The zero-order valence-corrected chi connectivity index (χ0v) is 10.5. The van der Waals surface area contributed by atoms with Crippen LogP contribution < -0.4 is 9.64 Å². The van der Waals surface area contributed by atoms with Crippen molar-refractivity contribution in [1.82, 2.24) is 0 Å². The SMILES string of the molecule is Cc1cccc(OCC(O)C[NH+]2CCCC2)c1. The van der Waals surface area contributed by atoms with E-state index in [1.54, 1.807) is 0 Å². The third kappa shape index (κ3) is 4.02. The van der Waals surface area contributed by atoms with Crippen LogP contribution in [0.15, 0.2) is 24.3 Å². The monoisotopic (exact) mass is 236 g/mol. The minimum Gasteiger partial charge on any atom is -0.491 e. The first kappa shape index (κ1) is 12.4. The quantitative estimate of drug-likeness (QED) is 0.776. The fourth-order valence-corrected chi connectivity index (χ4v) is 2.37. The lowest BCUT2D eigenvalue weighted by atomic mass is 10.2. The molecule has 1 aromatic carbocycles. The third-order valence-electron chi connectivity index (χ3n) is 3.27. The van der Waals surface area contributed by atoms with E-state index >= 15 is 0 Å². The molecule has 2 rings (SSSR count). The maximum Gasteiger partial charge on any atom is 0.137 e. The largest absolute Gasteiger partial charge is 0.491 e. The van der Waals surface area contributed by atoms with Crippen molar-refractivity contribution in [3.05, 3.63) is 29.8 Å². The lowest BCUT2D eigenvalue weighted by Gasteiger charge is -2.17. The van der Waals surface area contributed by atoms with E-state index < -0.39 is 0 Å². The number of nitrogens with one attached hydrogen (secondary N) is 1. The molecular formula is C14H22NO2+. The van der Waals surface area contributed by atoms with Crippen molar-refractivity contribution in [1.29, 1.82) is 0 Å². The van der Waals surface area contributed by atoms with Gasteiger partial charge in [-0.15, -0.1) is 0 Å². The van der Waals surface area contributed by atoms with Crippen molar-refractivity contribution in [3.8, 4) is 5.75 Å². The zero-order valence-electron chi connectivity index (χ0n) is 10.5. The normalized spacial score (nSPS) is 18.2. The van der Waals surface area contributed by atoms with E-state index in [1.807, 2.05) is 31.2 Å². The van der Waals surface area contributed by atoms with Crippen molar-refractivity contribution in [3.63, 3.8) is 0 Å². The first-order chi connectivity index (χ1) is 8.24. The van der Waals surface area contributed by atoms with Crippen LogP contribution in [-0.4, -0.2) is 37.5 Å². The molecule has 0 aliphatic carbocycles. The van der Waals surface area contributed by atoms with Gasteiger partial charge in [-0.2, -0.15) is 0 Å². The lowest BCUT2D eigenvalue weighted by molar-refractivity contribution is -0.890. The first-order valence-corrected chi connectivity index (χ1v) is 6.45. The molecular weight excluding hydrogens is 214 g/mol. The number of aliphatic hydroxyl groups is 1. The molecule has 3 heteroatoms. The van der Waals surface area contributed by atoms with Crippen molar-refractivity contribution in [2.24, 2.45) is 0 Å². The molecule has 0 aromatic heterocycles. The summed E-state index contributed by atoms with van der Waals surface area (Å²) in [5.41, 5.74) is 1.18. The average molecular weight is 236 g/mol. The highest BCUT2D eigenvalue weighted by molar-refractivity contribution is 5.27. The summed E-state index contributed by atoms with van der Waals surface area (Å²) in [6.45, 7) is 5.64. The Morgan fingerprint density at radius 3 is 2.82 bits per heavy atom. The lowest BCUT2D eigenvalue weighted by Crippen LogP contribution is -3.11. The predicted octanol–water partition coefficient (Wildman–Crippen LogP) is 0.413.